The molecule has 0 aromatic carbocycles. The molecule has 1 unspecified atom stereocenters. The molecule has 0 saturated heterocycles. The molecule has 0 saturated carbocycles. The Hall–Kier alpha value is -0.610. The lowest BCUT2D eigenvalue weighted by Crippen LogP contribution is -2.27. The Morgan fingerprint density at radius 2 is 2.32 bits per heavy atom. The average Bonchev–Trinajstić information content (AvgIpc) is 2.42. The smallest absolute Gasteiger partial charge is 0.138 e. The Balaban J connectivity index is 2.07. The number of aromatic nitrogens is 2. The molecule has 0 aliphatic heterocycles. The van der Waals surface area contributed by atoms with Crippen LogP contribution in [0.25, 0.3) is 0 Å². The first-order valence-corrected chi connectivity index (χ1v) is 8.45. The molecule has 1 heterocycles. The summed E-state index contributed by atoms with van der Waals surface area (Å²) in [6.07, 6.45) is 6.81. The Kier molecular flexibility index (Phi) is 5.64. The molecule has 1 aliphatic rings. The molecular formula is C15H25N3S. The van der Waals surface area contributed by atoms with Gasteiger partial charge in [-0.25, -0.2) is 9.97 Å². The van der Waals surface area contributed by atoms with Gasteiger partial charge in [-0.05, 0) is 37.5 Å². The fourth-order valence-electron chi connectivity index (χ4n) is 2.43. The number of thioether (sulfide) groups is 1. The summed E-state index contributed by atoms with van der Waals surface area (Å²) in [4.78, 5) is 9.32. The van der Waals surface area contributed by atoms with Crippen LogP contribution in [0.1, 0.15) is 63.2 Å². The monoisotopic (exact) mass is 279 g/mol. The third-order valence-electron chi connectivity index (χ3n) is 3.42. The topological polar surface area (TPSA) is 37.8 Å². The number of rotatable bonds is 6. The number of nitrogens with zero attached hydrogens (tertiary/aromatic N) is 2. The first kappa shape index (κ1) is 14.8. The minimum atomic E-state index is 0.468. The molecule has 0 bridgehead atoms. The summed E-state index contributed by atoms with van der Waals surface area (Å²) < 4.78 is 0. The fourth-order valence-corrected chi connectivity index (χ4v) is 3.05. The van der Waals surface area contributed by atoms with Crippen molar-refractivity contribution in [2.75, 3.05) is 6.54 Å². The molecule has 0 spiro atoms. The van der Waals surface area contributed by atoms with Gasteiger partial charge >= 0.3 is 0 Å². The lowest BCUT2D eigenvalue weighted by atomic mass is 9.92. The zero-order valence-electron chi connectivity index (χ0n) is 12.3. The van der Waals surface area contributed by atoms with Crippen molar-refractivity contribution >= 4 is 11.8 Å². The molecule has 1 aromatic heterocycles. The SMILES string of the molecule is CCCNC1CCCc2nc(CSC(C)C)ncc21. The van der Waals surface area contributed by atoms with Crippen LogP contribution in [-0.4, -0.2) is 21.8 Å². The van der Waals surface area contributed by atoms with E-state index in [0.29, 0.717) is 11.3 Å². The van der Waals surface area contributed by atoms with E-state index in [1.54, 1.807) is 0 Å². The highest BCUT2D eigenvalue weighted by atomic mass is 32.2. The molecule has 1 N–H and O–H groups in total. The summed E-state index contributed by atoms with van der Waals surface area (Å²) in [5.74, 6) is 1.92. The fraction of sp³-hybridized carbons (Fsp3) is 0.733. The van der Waals surface area contributed by atoms with Gasteiger partial charge in [0.05, 0.1) is 5.75 Å². The van der Waals surface area contributed by atoms with Gasteiger partial charge in [-0.2, -0.15) is 11.8 Å². The summed E-state index contributed by atoms with van der Waals surface area (Å²) in [7, 11) is 0. The maximum Gasteiger partial charge on any atom is 0.138 e. The van der Waals surface area contributed by atoms with Crippen molar-refractivity contribution in [2.24, 2.45) is 0 Å². The zero-order valence-corrected chi connectivity index (χ0v) is 13.1. The van der Waals surface area contributed by atoms with Gasteiger partial charge in [0.25, 0.3) is 0 Å². The van der Waals surface area contributed by atoms with Crippen LogP contribution in [0.5, 0.6) is 0 Å². The zero-order chi connectivity index (χ0) is 13.7. The van der Waals surface area contributed by atoms with Crippen molar-refractivity contribution in [3.63, 3.8) is 0 Å². The number of aryl methyl sites for hydroxylation is 1. The van der Waals surface area contributed by atoms with E-state index in [2.05, 4.69) is 37.3 Å². The molecule has 19 heavy (non-hydrogen) atoms. The summed E-state index contributed by atoms with van der Waals surface area (Å²) >= 11 is 1.91. The second-order valence-corrected chi connectivity index (χ2v) is 7.01. The van der Waals surface area contributed by atoms with Crippen LogP contribution in [0.3, 0.4) is 0 Å². The Bertz CT molecular complexity index is 406. The van der Waals surface area contributed by atoms with Gasteiger partial charge in [-0.15, -0.1) is 0 Å². The van der Waals surface area contributed by atoms with Crippen LogP contribution in [0.2, 0.25) is 0 Å². The highest BCUT2D eigenvalue weighted by Crippen LogP contribution is 2.28. The molecule has 1 aliphatic carbocycles. The summed E-state index contributed by atoms with van der Waals surface area (Å²) in [5, 5.41) is 4.25. The highest BCUT2D eigenvalue weighted by molar-refractivity contribution is 7.99. The van der Waals surface area contributed by atoms with Gasteiger partial charge in [-0.3, -0.25) is 0 Å². The van der Waals surface area contributed by atoms with Gasteiger partial charge in [-0.1, -0.05) is 20.8 Å². The van der Waals surface area contributed by atoms with Gasteiger partial charge in [0, 0.05) is 23.5 Å². The molecule has 3 nitrogen and oxygen atoms in total. The van der Waals surface area contributed by atoms with Gasteiger partial charge in [0.15, 0.2) is 0 Å². The minimum Gasteiger partial charge on any atom is -0.310 e. The Morgan fingerprint density at radius 1 is 1.47 bits per heavy atom. The molecule has 0 fully saturated rings. The van der Waals surface area contributed by atoms with Crippen LogP contribution >= 0.6 is 11.8 Å². The molecule has 1 atom stereocenters. The summed E-state index contributed by atoms with van der Waals surface area (Å²) in [6.45, 7) is 7.72. The predicted molar refractivity (Wildman–Crippen MR) is 82.4 cm³/mol. The third-order valence-corrected chi connectivity index (χ3v) is 4.51. The van der Waals surface area contributed by atoms with Crippen LogP contribution < -0.4 is 5.32 Å². The van der Waals surface area contributed by atoms with Crippen LogP contribution in [-0.2, 0) is 12.2 Å². The van der Waals surface area contributed by atoms with Crippen molar-refractivity contribution in [1.29, 1.82) is 0 Å². The molecule has 2 rings (SSSR count). The summed E-state index contributed by atoms with van der Waals surface area (Å²) in [6, 6.07) is 0.468. The standard InChI is InChI=1S/C15H25N3S/c1-4-8-16-13-6-5-7-14-12(13)9-17-15(18-14)10-19-11(2)3/h9,11,13,16H,4-8,10H2,1-3H3. The maximum atomic E-state index is 4.77. The van der Waals surface area contributed by atoms with Gasteiger partial charge < -0.3 is 5.32 Å². The third kappa shape index (κ3) is 4.18. The van der Waals surface area contributed by atoms with Crippen molar-refractivity contribution in [2.45, 2.75) is 63.5 Å². The second kappa shape index (κ2) is 7.25. The molecule has 4 heteroatoms. The van der Waals surface area contributed by atoms with Crippen molar-refractivity contribution in [3.8, 4) is 0 Å². The van der Waals surface area contributed by atoms with E-state index >= 15 is 0 Å². The molecule has 106 valence electrons. The van der Waals surface area contributed by atoms with Crippen LogP contribution in [0, 0.1) is 0 Å². The lowest BCUT2D eigenvalue weighted by molar-refractivity contribution is 0.452. The molecule has 0 radical (unpaired) electrons. The van der Waals surface area contributed by atoms with Gasteiger partial charge in [0.1, 0.15) is 5.82 Å². The van der Waals surface area contributed by atoms with E-state index in [0.717, 1.165) is 24.5 Å². The number of fused-ring (bicyclic) bond motifs is 1. The van der Waals surface area contributed by atoms with Crippen LogP contribution in [0.15, 0.2) is 6.20 Å². The normalized spacial score (nSPS) is 18.6. The second-order valence-electron chi connectivity index (χ2n) is 5.45. The Labute approximate surface area is 121 Å². The molecule has 1 aromatic rings. The largest absolute Gasteiger partial charge is 0.310 e. The van der Waals surface area contributed by atoms with Crippen molar-refractivity contribution in [1.82, 2.24) is 15.3 Å². The molecule has 0 amide bonds. The number of hydrogen-bond acceptors (Lipinski definition) is 4. The average molecular weight is 279 g/mol. The van der Waals surface area contributed by atoms with E-state index in [9.17, 15) is 0 Å². The van der Waals surface area contributed by atoms with Crippen molar-refractivity contribution < 1.29 is 0 Å². The minimum absolute atomic E-state index is 0.468. The maximum absolute atomic E-state index is 4.77. The predicted octanol–water partition coefficient (Wildman–Crippen LogP) is 3.50. The first-order chi connectivity index (χ1) is 9.20. The van der Waals surface area contributed by atoms with E-state index in [1.807, 2.05) is 11.8 Å². The summed E-state index contributed by atoms with van der Waals surface area (Å²) in [5.41, 5.74) is 2.60. The van der Waals surface area contributed by atoms with E-state index in [4.69, 9.17) is 4.98 Å². The van der Waals surface area contributed by atoms with Gasteiger partial charge in [0.2, 0.25) is 0 Å². The quantitative estimate of drug-likeness (QED) is 0.865. The highest BCUT2D eigenvalue weighted by Gasteiger charge is 2.21. The van der Waals surface area contributed by atoms with E-state index in [-0.39, 0.29) is 0 Å². The number of hydrogen-bond donors (Lipinski definition) is 1. The van der Waals surface area contributed by atoms with Crippen LogP contribution in [0.4, 0.5) is 0 Å². The first-order valence-electron chi connectivity index (χ1n) is 7.40. The lowest BCUT2D eigenvalue weighted by Gasteiger charge is -2.25. The van der Waals surface area contributed by atoms with Crippen molar-refractivity contribution in [3.05, 3.63) is 23.3 Å². The van der Waals surface area contributed by atoms with E-state index < -0.39 is 0 Å². The molecular weight excluding hydrogens is 254 g/mol. The Morgan fingerprint density at radius 3 is 3.05 bits per heavy atom. The van der Waals surface area contributed by atoms with E-state index in [1.165, 1.54) is 30.5 Å². The number of nitrogens with one attached hydrogen (secondary N) is 1.